The van der Waals surface area contributed by atoms with Gasteiger partial charge in [0.15, 0.2) is 6.29 Å². The molecule has 0 unspecified atom stereocenters. The first-order valence-electron chi connectivity index (χ1n) is 4.52. The Bertz CT molecular complexity index is 385. The molecular formula is C11H10BrNO2. The smallest absolute Gasteiger partial charge is 0.151 e. The minimum Gasteiger partial charge on any atom is -0.494 e. The van der Waals surface area contributed by atoms with Crippen molar-refractivity contribution in [2.24, 2.45) is 0 Å². The molecular weight excluding hydrogens is 258 g/mol. The summed E-state index contributed by atoms with van der Waals surface area (Å²) < 4.78 is 6.13. The topological polar surface area (TPSA) is 50.1 Å². The van der Waals surface area contributed by atoms with Crippen LogP contribution in [0.15, 0.2) is 22.7 Å². The lowest BCUT2D eigenvalue weighted by Crippen LogP contribution is -1.97. The summed E-state index contributed by atoms with van der Waals surface area (Å²) in [5.41, 5.74) is 0.563. The van der Waals surface area contributed by atoms with Gasteiger partial charge < -0.3 is 4.74 Å². The zero-order valence-electron chi connectivity index (χ0n) is 8.07. The summed E-state index contributed by atoms with van der Waals surface area (Å²) in [6.07, 6.45) is 1.95. The normalized spacial score (nSPS) is 9.33. The summed E-state index contributed by atoms with van der Waals surface area (Å²) in [6, 6.07) is 7.26. The number of benzene rings is 1. The number of rotatable bonds is 5. The molecule has 0 atom stereocenters. The van der Waals surface area contributed by atoms with Crippen LogP contribution in [-0.2, 0) is 0 Å². The molecule has 0 spiro atoms. The van der Waals surface area contributed by atoms with Gasteiger partial charge in [-0.1, -0.05) is 15.9 Å². The average molecular weight is 268 g/mol. The third kappa shape index (κ3) is 3.72. The fourth-order valence-corrected chi connectivity index (χ4v) is 1.38. The van der Waals surface area contributed by atoms with Gasteiger partial charge in [-0.2, -0.15) is 5.26 Å². The van der Waals surface area contributed by atoms with E-state index in [1.807, 2.05) is 6.07 Å². The largest absolute Gasteiger partial charge is 0.494 e. The second kappa shape index (κ2) is 6.20. The van der Waals surface area contributed by atoms with Crippen molar-refractivity contribution in [3.8, 4) is 11.8 Å². The summed E-state index contributed by atoms with van der Waals surface area (Å²) in [5, 5.41) is 8.32. The summed E-state index contributed by atoms with van der Waals surface area (Å²) in [7, 11) is 0. The Hall–Kier alpha value is -1.34. The van der Waals surface area contributed by atoms with Gasteiger partial charge in [0.05, 0.1) is 12.7 Å². The zero-order chi connectivity index (χ0) is 11.1. The third-order valence-corrected chi connectivity index (χ3v) is 2.52. The number of nitrogens with zero attached hydrogens (tertiary/aromatic N) is 1. The highest BCUT2D eigenvalue weighted by molar-refractivity contribution is 9.10. The van der Waals surface area contributed by atoms with E-state index in [1.54, 1.807) is 18.2 Å². The first kappa shape index (κ1) is 11.7. The van der Waals surface area contributed by atoms with Gasteiger partial charge in [-0.15, -0.1) is 0 Å². The number of nitriles is 1. The van der Waals surface area contributed by atoms with Crippen molar-refractivity contribution in [3.05, 3.63) is 28.2 Å². The molecule has 4 heteroatoms. The van der Waals surface area contributed by atoms with Gasteiger partial charge in [0.2, 0.25) is 0 Å². The Balaban J connectivity index is 2.55. The first-order chi connectivity index (χ1) is 7.27. The van der Waals surface area contributed by atoms with Crippen LogP contribution in [0, 0.1) is 11.3 Å². The van der Waals surface area contributed by atoms with Crippen LogP contribution in [0.2, 0.25) is 0 Å². The van der Waals surface area contributed by atoms with Crippen LogP contribution in [0.3, 0.4) is 0 Å². The van der Waals surface area contributed by atoms with Gasteiger partial charge in [0.25, 0.3) is 0 Å². The zero-order valence-corrected chi connectivity index (χ0v) is 9.66. The van der Waals surface area contributed by atoms with Crippen LogP contribution in [0.5, 0.6) is 5.75 Å². The number of hydrogen-bond donors (Lipinski definition) is 0. The highest BCUT2D eigenvalue weighted by Crippen LogP contribution is 2.21. The summed E-state index contributed by atoms with van der Waals surface area (Å²) >= 11 is 3.25. The second-order valence-electron chi connectivity index (χ2n) is 2.91. The number of carbonyl (C=O) groups excluding carboxylic acids is 1. The first-order valence-corrected chi connectivity index (χ1v) is 5.31. The van der Waals surface area contributed by atoms with Crippen molar-refractivity contribution in [3.63, 3.8) is 0 Å². The van der Waals surface area contributed by atoms with Gasteiger partial charge in [0, 0.05) is 16.5 Å². The SMILES string of the molecule is N#CCCCOc1ccc(Br)c(C=O)c1. The molecule has 0 aliphatic heterocycles. The van der Waals surface area contributed by atoms with E-state index in [0.717, 1.165) is 10.8 Å². The minimum absolute atomic E-state index is 0.483. The molecule has 0 N–H and O–H groups in total. The van der Waals surface area contributed by atoms with Gasteiger partial charge >= 0.3 is 0 Å². The van der Waals surface area contributed by atoms with Gasteiger partial charge in [0.1, 0.15) is 5.75 Å². The molecule has 0 heterocycles. The van der Waals surface area contributed by atoms with Crippen LogP contribution in [-0.4, -0.2) is 12.9 Å². The minimum atomic E-state index is 0.483. The monoisotopic (exact) mass is 267 g/mol. The van der Waals surface area contributed by atoms with Gasteiger partial charge in [-0.3, -0.25) is 4.79 Å². The predicted octanol–water partition coefficient (Wildman–Crippen LogP) is 2.94. The maximum absolute atomic E-state index is 10.6. The summed E-state index contributed by atoms with van der Waals surface area (Å²) in [6.45, 7) is 0.494. The van der Waals surface area contributed by atoms with Gasteiger partial charge in [-0.05, 0) is 24.6 Å². The lowest BCUT2D eigenvalue weighted by atomic mass is 10.2. The molecule has 0 fully saturated rings. The van der Waals surface area contributed by atoms with Crippen LogP contribution in [0.25, 0.3) is 0 Å². The van der Waals surface area contributed by atoms with Crippen LogP contribution in [0.4, 0.5) is 0 Å². The highest BCUT2D eigenvalue weighted by atomic mass is 79.9. The maximum Gasteiger partial charge on any atom is 0.151 e. The molecule has 3 nitrogen and oxygen atoms in total. The van der Waals surface area contributed by atoms with E-state index in [4.69, 9.17) is 10.00 Å². The predicted molar refractivity (Wildman–Crippen MR) is 59.9 cm³/mol. The number of unbranched alkanes of at least 4 members (excludes halogenated alkanes) is 1. The molecule has 1 aromatic rings. The lowest BCUT2D eigenvalue weighted by Gasteiger charge is -2.05. The van der Waals surface area contributed by atoms with E-state index in [-0.39, 0.29) is 0 Å². The van der Waals surface area contributed by atoms with Crippen molar-refractivity contribution >= 4 is 22.2 Å². The van der Waals surface area contributed by atoms with E-state index in [9.17, 15) is 4.79 Å². The van der Waals surface area contributed by atoms with E-state index in [2.05, 4.69) is 15.9 Å². The van der Waals surface area contributed by atoms with E-state index >= 15 is 0 Å². The number of hydrogen-bond acceptors (Lipinski definition) is 3. The van der Waals surface area contributed by atoms with Crippen molar-refractivity contribution in [2.45, 2.75) is 12.8 Å². The summed E-state index contributed by atoms with van der Waals surface area (Å²) in [5.74, 6) is 0.651. The molecule has 0 amide bonds. The molecule has 0 bridgehead atoms. The number of ether oxygens (including phenoxy) is 1. The number of carbonyl (C=O) groups is 1. The molecule has 15 heavy (non-hydrogen) atoms. The van der Waals surface area contributed by atoms with E-state index in [1.165, 1.54) is 0 Å². The van der Waals surface area contributed by atoms with E-state index in [0.29, 0.717) is 30.8 Å². The van der Waals surface area contributed by atoms with Crippen molar-refractivity contribution in [1.29, 1.82) is 5.26 Å². The molecule has 78 valence electrons. The summed E-state index contributed by atoms with van der Waals surface area (Å²) in [4.78, 5) is 10.6. The number of halogens is 1. The lowest BCUT2D eigenvalue weighted by molar-refractivity contribution is 0.112. The van der Waals surface area contributed by atoms with Crippen molar-refractivity contribution in [2.75, 3.05) is 6.61 Å². The standard InChI is InChI=1S/C11H10BrNO2/c12-11-4-3-10(7-9(11)8-14)15-6-2-1-5-13/h3-4,7-8H,1-2,6H2. The molecule has 0 radical (unpaired) electrons. The molecule has 0 aliphatic rings. The molecule has 1 rings (SSSR count). The van der Waals surface area contributed by atoms with Crippen LogP contribution in [0.1, 0.15) is 23.2 Å². The van der Waals surface area contributed by atoms with Crippen molar-refractivity contribution in [1.82, 2.24) is 0 Å². The Morgan fingerprint density at radius 1 is 1.53 bits per heavy atom. The Labute approximate surface area is 96.8 Å². The highest BCUT2D eigenvalue weighted by Gasteiger charge is 2.00. The Morgan fingerprint density at radius 2 is 2.33 bits per heavy atom. The second-order valence-corrected chi connectivity index (χ2v) is 3.77. The fourth-order valence-electron chi connectivity index (χ4n) is 1.04. The van der Waals surface area contributed by atoms with Gasteiger partial charge in [-0.25, -0.2) is 0 Å². The quantitative estimate of drug-likeness (QED) is 0.609. The average Bonchev–Trinajstić information content (AvgIpc) is 2.26. The molecule has 1 aromatic carbocycles. The molecule has 0 saturated carbocycles. The van der Waals surface area contributed by atoms with Crippen LogP contribution < -0.4 is 4.74 Å². The fraction of sp³-hybridized carbons (Fsp3) is 0.273. The third-order valence-electron chi connectivity index (χ3n) is 1.80. The Kier molecular flexibility index (Phi) is 4.85. The maximum atomic E-state index is 10.6. The number of aldehydes is 1. The Morgan fingerprint density at radius 3 is 3.00 bits per heavy atom. The van der Waals surface area contributed by atoms with E-state index < -0.39 is 0 Å². The van der Waals surface area contributed by atoms with Crippen molar-refractivity contribution < 1.29 is 9.53 Å². The molecule has 0 aromatic heterocycles. The van der Waals surface area contributed by atoms with Crippen LogP contribution >= 0.6 is 15.9 Å². The molecule has 0 saturated heterocycles. The molecule has 0 aliphatic carbocycles.